The van der Waals surface area contributed by atoms with Crippen molar-refractivity contribution in [3.8, 4) is 0 Å². The maximum absolute atomic E-state index is 13.0. The van der Waals surface area contributed by atoms with Crippen LogP contribution in [-0.2, 0) is 20.2 Å². The number of likely N-dealkylation sites (N-methyl/N-ethyl adjacent to an activating group) is 1. The van der Waals surface area contributed by atoms with Crippen molar-refractivity contribution in [1.29, 1.82) is 0 Å². The average Bonchev–Trinajstić information content (AvgIpc) is 3.14. The van der Waals surface area contributed by atoms with Crippen molar-refractivity contribution in [2.45, 2.75) is 23.7 Å². The van der Waals surface area contributed by atoms with E-state index in [0.717, 1.165) is 16.8 Å². The van der Waals surface area contributed by atoms with Gasteiger partial charge in [0.15, 0.2) is 0 Å². The second kappa shape index (κ2) is 5.81. The fourth-order valence-corrected chi connectivity index (χ4v) is 5.64. The van der Waals surface area contributed by atoms with E-state index in [9.17, 15) is 13.2 Å². The monoisotopic (exact) mass is 390 g/mol. The molecule has 0 saturated carbocycles. The summed E-state index contributed by atoms with van der Waals surface area (Å²) in [4.78, 5) is 14.9. The fraction of sp³-hybridized carbons (Fsp3) is 0.316. The molecule has 2 aromatic rings. The summed E-state index contributed by atoms with van der Waals surface area (Å²) >= 11 is 6.16. The fourth-order valence-electron chi connectivity index (χ4n) is 3.96. The summed E-state index contributed by atoms with van der Waals surface area (Å²) in [6.07, 6.45) is 0.453. The van der Waals surface area contributed by atoms with Crippen molar-refractivity contribution in [2.24, 2.45) is 0 Å². The molecule has 0 N–H and O–H groups in total. The van der Waals surface area contributed by atoms with Gasteiger partial charge in [-0.25, -0.2) is 8.42 Å². The molecule has 2 aliphatic heterocycles. The van der Waals surface area contributed by atoms with E-state index in [4.69, 9.17) is 11.6 Å². The SMILES string of the molecule is Cc1ccc(S(=O)(=O)N2CC[C@]3(C2)C(=O)N(C)c2ccc(Cl)cc23)cc1. The Labute approximate surface area is 158 Å². The van der Waals surface area contributed by atoms with Crippen LogP contribution in [0.4, 0.5) is 5.69 Å². The molecule has 26 heavy (non-hydrogen) atoms. The highest BCUT2D eigenvalue weighted by molar-refractivity contribution is 7.89. The normalized spacial score (nSPS) is 23.0. The Morgan fingerprint density at radius 3 is 2.50 bits per heavy atom. The van der Waals surface area contributed by atoms with Gasteiger partial charge in [-0.2, -0.15) is 4.31 Å². The van der Waals surface area contributed by atoms with Crippen LogP contribution in [0, 0.1) is 6.92 Å². The number of nitrogens with zero attached hydrogens (tertiary/aromatic N) is 2. The van der Waals surface area contributed by atoms with Crippen LogP contribution in [0.15, 0.2) is 47.4 Å². The van der Waals surface area contributed by atoms with Crippen LogP contribution in [0.2, 0.25) is 5.02 Å². The number of carbonyl (C=O) groups is 1. The summed E-state index contributed by atoms with van der Waals surface area (Å²) in [5.74, 6) is -0.0728. The Bertz CT molecular complexity index is 1000. The van der Waals surface area contributed by atoms with E-state index < -0.39 is 15.4 Å². The number of benzene rings is 2. The van der Waals surface area contributed by atoms with E-state index in [0.29, 0.717) is 18.0 Å². The number of carbonyl (C=O) groups excluding carboxylic acids is 1. The molecule has 2 aliphatic rings. The number of hydrogen-bond donors (Lipinski definition) is 0. The van der Waals surface area contributed by atoms with Gasteiger partial charge in [0, 0.05) is 30.8 Å². The van der Waals surface area contributed by atoms with Gasteiger partial charge in [0.25, 0.3) is 0 Å². The molecule has 136 valence electrons. The highest BCUT2D eigenvalue weighted by Crippen LogP contribution is 2.48. The van der Waals surface area contributed by atoms with Gasteiger partial charge in [-0.05, 0) is 49.2 Å². The quantitative estimate of drug-likeness (QED) is 0.792. The van der Waals surface area contributed by atoms with E-state index in [1.807, 2.05) is 13.0 Å². The third-order valence-electron chi connectivity index (χ3n) is 5.44. The number of anilines is 1. The predicted molar refractivity (Wildman–Crippen MR) is 101 cm³/mol. The molecule has 4 rings (SSSR count). The van der Waals surface area contributed by atoms with E-state index >= 15 is 0 Å². The largest absolute Gasteiger partial charge is 0.314 e. The Morgan fingerprint density at radius 2 is 1.81 bits per heavy atom. The molecule has 0 unspecified atom stereocenters. The topological polar surface area (TPSA) is 57.7 Å². The van der Waals surface area contributed by atoms with E-state index in [-0.39, 0.29) is 17.3 Å². The van der Waals surface area contributed by atoms with Gasteiger partial charge in [0.1, 0.15) is 0 Å². The molecule has 7 heteroatoms. The van der Waals surface area contributed by atoms with Crippen LogP contribution in [0.3, 0.4) is 0 Å². The molecule has 5 nitrogen and oxygen atoms in total. The van der Waals surface area contributed by atoms with Crippen LogP contribution in [-0.4, -0.2) is 38.8 Å². The van der Waals surface area contributed by atoms with Crippen LogP contribution in [0.25, 0.3) is 0 Å². The Balaban J connectivity index is 1.74. The molecule has 1 saturated heterocycles. The van der Waals surface area contributed by atoms with Gasteiger partial charge in [0.2, 0.25) is 15.9 Å². The zero-order valence-corrected chi connectivity index (χ0v) is 16.1. The number of halogens is 1. The van der Waals surface area contributed by atoms with Gasteiger partial charge in [-0.15, -0.1) is 0 Å². The van der Waals surface area contributed by atoms with Crippen LogP contribution >= 0.6 is 11.6 Å². The van der Waals surface area contributed by atoms with Crippen molar-refractivity contribution in [1.82, 2.24) is 4.31 Å². The van der Waals surface area contributed by atoms with Crippen LogP contribution in [0.1, 0.15) is 17.5 Å². The minimum absolute atomic E-state index is 0.0728. The molecule has 1 atom stereocenters. The molecule has 0 aromatic heterocycles. The standard InChI is InChI=1S/C19H19ClN2O3S/c1-13-3-6-15(7-4-13)26(24,25)22-10-9-19(12-22)16-11-14(20)5-8-17(16)21(2)18(19)23/h3-8,11H,9-10,12H2,1-2H3/t19-/m1/s1. The second-order valence-corrected chi connectivity index (χ2v) is 9.38. The molecular weight excluding hydrogens is 372 g/mol. The molecule has 2 heterocycles. The first-order valence-electron chi connectivity index (χ1n) is 8.41. The first-order chi connectivity index (χ1) is 12.3. The van der Waals surface area contributed by atoms with Crippen molar-refractivity contribution < 1.29 is 13.2 Å². The third-order valence-corrected chi connectivity index (χ3v) is 7.54. The summed E-state index contributed by atoms with van der Waals surface area (Å²) in [5.41, 5.74) is 1.76. The second-order valence-electron chi connectivity index (χ2n) is 7.01. The predicted octanol–water partition coefficient (Wildman–Crippen LogP) is 2.96. The smallest absolute Gasteiger partial charge is 0.243 e. The highest BCUT2D eigenvalue weighted by Gasteiger charge is 2.55. The molecule has 1 spiro atoms. The lowest BCUT2D eigenvalue weighted by Crippen LogP contribution is -2.42. The Kier molecular flexibility index (Phi) is 3.91. The highest BCUT2D eigenvalue weighted by atomic mass is 35.5. The lowest BCUT2D eigenvalue weighted by Gasteiger charge is -2.23. The summed E-state index contributed by atoms with van der Waals surface area (Å²) in [5, 5.41) is 0.547. The van der Waals surface area contributed by atoms with Gasteiger partial charge in [0.05, 0.1) is 10.3 Å². The maximum Gasteiger partial charge on any atom is 0.243 e. The summed E-state index contributed by atoms with van der Waals surface area (Å²) in [7, 11) is -1.92. The summed E-state index contributed by atoms with van der Waals surface area (Å²) < 4.78 is 27.5. The number of hydrogen-bond acceptors (Lipinski definition) is 3. The summed E-state index contributed by atoms with van der Waals surface area (Å²) in [6, 6.07) is 12.2. The first-order valence-corrected chi connectivity index (χ1v) is 10.2. The van der Waals surface area contributed by atoms with Crippen LogP contribution < -0.4 is 4.90 Å². The molecule has 0 radical (unpaired) electrons. The number of amides is 1. The molecule has 0 bridgehead atoms. The van der Waals surface area contributed by atoms with Crippen molar-refractivity contribution in [3.05, 3.63) is 58.6 Å². The van der Waals surface area contributed by atoms with Gasteiger partial charge < -0.3 is 4.90 Å². The molecule has 2 aromatic carbocycles. The zero-order chi connectivity index (χ0) is 18.7. The summed E-state index contributed by atoms with van der Waals surface area (Å²) in [6.45, 7) is 2.36. The van der Waals surface area contributed by atoms with Gasteiger partial charge in [-0.3, -0.25) is 4.79 Å². The number of sulfonamides is 1. The molecular formula is C19H19ClN2O3S. The first kappa shape index (κ1) is 17.5. The lowest BCUT2D eigenvalue weighted by molar-refractivity contribution is -0.122. The average molecular weight is 391 g/mol. The zero-order valence-electron chi connectivity index (χ0n) is 14.6. The van der Waals surface area contributed by atoms with Crippen molar-refractivity contribution in [3.63, 3.8) is 0 Å². The van der Waals surface area contributed by atoms with Crippen LogP contribution in [0.5, 0.6) is 0 Å². The number of fused-ring (bicyclic) bond motifs is 2. The van der Waals surface area contributed by atoms with Gasteiger partial charge >= 0.3 is 0 Å². The van der Waals surface area contributed by atoms with E-state index in [1.54, 1.807) is 48.3 Å². The minimum atomic E-state index is -3.64. The number of rotatable bonds is 2. The van der Waals surface area contributed by atoms with E-state index in [1.165, 1.54) is 4.31 Å². The molecule has 1 fully saturated rings. The van der Waals surface area contributed by atoms with Gasteiger partial charge in [-0.1, -0.05) is 29.3 Å². The molecule has 0 aliphatic carbocycles. The Morgan fingerprint density at radius 1 is 1.12 bits per heavy atom. The van der Waals surface area contributed by atoms with E-state index in [2.05, 4.69) is 0 Å². The Hall–Kier alpha value is -1.89. The lowest BCUT2D eigenvalue weighted by atomic mass is 9.81. The van der Waals surface area contributed by atoms with Crippen molar-refractivity contribution in [2.75, 3.05) is 25.0 Å². The third kappa shape index (κ3) is 2.40. The van der Waals surface area contributed by atoms with Crippen molar-refractivity contribution >= 4 is 33.2 Å². The number of aryl methyl sites for hydroxylation is 1. The maximum atomic E-state index is 13.0. The minimum Gasteiger partial charge on any atom is -0.314 e. The molecule has 1 amide bonds.